The van der Waals surface area contributed by atoms with Crippen molar-refractivity contribution in [3.63, 3.8) is 0 Å². The van der Waals surface area contributed by atoms with Crippen LogP contribution < -0.4 is 10.6 Å². The van der Waals surface area contributed by atoms with E-state index in [2.05, 4.69) is 20.6 Å². The van der Waals surface area contributed by atoms with Gasteiger partial charge in [0.2, 0.25) is 0 Å². The first-order valence-corrected chi connectivity index (χ1v) is 6.58. The predicted molar refractivity (Wildman–Crippen MR) is 78.5 cm³/mol. The lowest BCUT2D eigenvalue weighted by atomic mass is 10.1. The maximum Gasteiger partial charge on any atom is 0.270 e. The highest BCUT2D eigenvalue weighted by molar-refractivity contribution is 5.93. The lowest BCUT2D eigenvalue weighted by Crippen LogP contribution is -2.24. The number of nitrogens with zero attached hydrogens (tertiary/aromatic N) is 2. The van der Waals surface area contributed by atoms with Gasteiger partial charge in [-0.1, -0.05) is 0 Å². The van der Waals surface area contributed by atoms with E-state index in [-0.39, 0.29) is 5.91 Å². The average Bonchev–Trinajstić information content (AvgIpc) is 2.47. The van der Waals surface area contributed by atoms with Crippen LogP contribution in [0.5, 0.6) is 0 Å². The Bertz CT molecular complexity index is 598. The normalized spacial score (nSPS) is 10.1. The number of hydrogen-bond donors (Lipinski definition) is 2. The molecule has 20 heavy (non-hydrogen) atoms. The van der Waals surface area contributed by atoms with Crippen LogP contribution in [0.25, 0.3) is 0 Å². The summed E-state index contributed by atoms with van der Waals surface area (Å²) in [7, 11) is 0. The molecule has 2 aromatic heterocycles. The molecule has 1 amide bonds. The molecule has 0 aliphatic carbocycles. The number of amides is 1. The summed E-state index contributed by atoms with van der Waals surface area (Å²) in [4.78, 5) is 20.2. The van der Waals surface area contributed by atoms with Gasteiger partial charge in [-0.25, -0.2) is 0 Å². The zero-order chi connectivity index (χ0) is 14.4. The van der Waals surface area contributed by atoms with Gasteiger partial charge >= 0.3 is 0 Å². The molecular weight excluding hydrogens is 252 g/mol. The monoisotopic (exact) mass is 270 g/mol. The Balaban J connectivity index is 2.01. The Morgan fingerprint density at radius 2 is 2.15 bits per heavy atom. The fourth-order valence-corrected chi connectivity index (χ4v) is 1.84. The summed E-state index contributed by atoms with van der Waals surface area (Å²) < 4.78 is 0. The first kappa shape index (κ1) is 14.0. The molecule has 0 aliphatic rings. The van der Waals surface area contributed by atoms with Crippen LogP contribution in [-0.4, -0.2) is 22.4 Å². The smallest absolute Gasteiger partial charge is 0.270 e. The molecule has 0 aliphatic heterocycles. The molecule has 5 heteroatoms. The van der Waals surface area contributed by atoms with E-state index in [1.807, 2.05) is 26.0 Å². The standard InChI is InChI=1S/C15H18N4O/c1-3-17-13-5-7-18-14(8-13)15(20)19-10-12-4-6-16-9-11(12)2/h4-9H,3,10H2,1-2H3,(H,17,18)(H,19,20). The van der Waals surface area contributed by atoms with E-state index in [1.54, 1.807) is 24.7 Å². The molecule has 2 rings (SSSR count). The maximum atomic E-state index is 12.1. The van der Waals surface area contributed by atoms with E-state index >= 15 is 0 Å². The first-order chi connectivity index (χ1) is 9.70. The Labute approximate surface area is 118 Å². The van der Waals surface area contributed by atoms with Crippen LogP contribution in [0.15, 0.2) is 36.8 Å². The number of pyridine rings is 2. The van der Waals surface area contributed by atoms with Crippen LogP contribution in [0.1, 0.15) is 28.5 Å². The van der Waals surface area contributed by atoms with Crippen molar-refractivity contribution in [3.8, 4) is 0 Å². The van der Waals surface area contributed by atoms with E-state index in [0.717, 1.165) is 23.4 Å². The van der Waals surface area contributed by atoms with Crippen molar-refractivity contribution >= 4 is 11.6 Å². The first-order valence-electron chi connectivity index (χ1n) is 6.58. The highest BCUT2D eigenvalue weighted by atomic mass is 16.1. The molecule has 0 saturated carbocycles. The summed E-state index contributed by atoms with van der Waals surface area (Å²) in [5.74, 6) is -0.180. The number of rotatable bonds is 5. The number of nitrogens with one attached hydrogen (secondary N) is 2. The van der Waals surface area contributed by atoms with Crippen LogP contribution in [-0.2, 0) is 6.54 Å². The summed E-state index contributed by atoms with van der Waals surface area (Å²) in [5.41, 5.74) is 3.42. The van der Waals surface area contributed by atoms with Crippen molar-refractivity contribution in [1.82, 2.24) is 15.3 Å². The molecule has 0 unspecified atom stereocenters. The molecule has 0 saturated heterocycles. The van der Waals surface area contributed by atoms with Crippen LogP contribution in [0.3, 0.4) is 0 Å². The highest BCUT2D eigenvalue weighted by Gasteiger charge is 2.08. The zero-order valence-corrected chi connectivity index (χ0v) is 11.7. The number of anilines is 1. The van der Waals surface area contributed by atoms with E-state index in [1.165, 1.54) is 0 Å². The molecule has 0 spiro atoms. The average molecular weight is 270 g/mol. The van der Waals surface area contributed by atoms with Gasteiger partial charge in [0.25, 0.3) is 5.91 Å². The molecule has 0 aromatic carbocycles. The number of aryl methyl sites for hydroxylation is 1. The molecule has 0 atom stereocenters. The van der Waals surface area contributed by atoms with Gasteiger partial charge in [-0.15, -0.1) is 0 Å². The molecule has 0 radical (unpaired) electrons. The Kier molecular flexibility index (Phi) is 4.65. The third-order valence-electron chi connectivity index (χ3n) is 2.95. The zero-order valence-electron chi connectivity index (χ0n) is 11.7. The lowest BCUT2D eigenvalue weighted by Gasteiger charge is -2.08. The van der Waals surface area contributed by atoms with Crippen molar-refractivity contribution in [2.75, 3.05) is 11.9 Å². The molecule has 5 nitrogen and oxygen atoms in total. The van der Waals surface area contributed by atoms with Crippen LogP contribution in [0, 0.1) is 6.92 Å². The maximum absolute atomic E-state index is 12.1. The lowest BCUT2D eigenvalue weighted by molar-refractivity contribution is 0.0946. The van der Waals surface area contributed by atoms with E-state index < -0.39 is 0 Å². The molecule has 0 bridgehead atoms. The number of hydrogen-bond acceptors (Lipinski definition) is 4. The summed E-state index contributed by atoms with van der Waals surface area (Å²) in [5, 5.41) is 6.03. The van der Waals surface area contributed by atoms with Crippen LogP contribution >= 0.6 is 0 Å². The fourth-order valence-electron chi connectivity index (χ4n) is 1.84. The summed E-state index contributed by atoms with van der Waals surface area (Å²) in [6, 6.07) is 5.49. The van der Waals surface area contributed by atoms with Gasteiger partial charge in [0, 0.05) is 37.4 Å². The molecular formula is C15H18N4O. The van der Waals surface area contributed by atoms with Gasteiger partial charge in [-0.05, 0) is 43.2 Å². The quantitative estimate of drug-likeness (QED) is 0.873. The molecule has 2 aromatic rings. The molecule has 0 fully saturated rings. The van der Waals surface area contributed by atoms with E-state index in [4.69, 9.17) is 0 Å². The third kappa shape index (κ3) is 3.54. The van der Waals surface area contributed by atoms with Crippen LogP contribution in [0.4, 0.5) is 5.69 Å². The molecule has 2 heterocycles. The summed E-state index contributed by atoms with van der Waals surface area (Å²) in [6.07, 6.45) is 5.13. The minimum atomic E-state index is -0.180. The topological polar surface area (TPSA) is 66.9 Å². The second-order valence-electron chi connectivity index (χ2n) is 4.44. The second-order valence-corrected chi connectivity index (χ2v) is 4.44. The Morgan fingerprint density at radius 1 is 1.30 bits per heavy atom. The number of carbonyl (C=O) groups is 1. The van der Waals surface area contributed by atoms with Crippen molar-refractivity contribution < 1.29 is 4.79 Å². The minimum absolute atomic E-state index is 0.180. The molecule has 2 N–H and O–H groups in total. The Morgan fingerprint density at radius 3 is 2.90 bits per heavy atom. The van der Waals surface area contributed by atoms with Gasteiger partial charge in [-0.2, -0.15) is 0 Å². The largest absolute Gasteiger partial charge is 0.385 e. The van der Waals surface area contributed by atoms with Gasteiger partial charge in [0.1, 0.15) is 5.69 Å². The third-order valence-corrected chi connectivity index (χ3v) is 2.95. The van der Waals surface area contributed by atoms with E-state index in [0.29, 0.717) is 12.2 Å². The van der Waals surface area contributed by atoms with Gasteiger partial charge in [-0.3, -0.25) is 14.8 Å². The van der Waals surface area contributed by atoms with Crippen molar-refractivity contribution in [3.05, 3.63) is 53.6 Å². The number of aromatic nitrogens is 2. The van der Waals surface area contributed by atoms with Gasteiger partial charge in [0.15, 0.2) is 0 Å². The van der Waals surface area contributed by atoms with Gasteiger partial charge < -0.3 is 10.6 Å². The highest BCUT2D eigenvalue weighted by Crippen LogP contribution is 2.08. The Hall–Kier alpha value is -2.43. The SMILES string of the molecule is CCNc1ccnc(C(=O)NCc2ccncc2C)c1. The minimum Gasteiger partial charge on any atom is -0.385 e. The van der Waals surface area contributed by atoms with Crippen molar-refractivity contribution in [2.45, 2.75) is 20.4 Å². The summed E-state index contributed by atoms with van der Waals surface area (Å²) >= 11 is 0. The molecule has 104 valence electrons. The van der Waals surface area contributed by atoms with E-state index in [9.17, 15) is 4.79 Å². The fraction of sp³-hybridized carbons (Fsp3) is 0.267. The summed E-state index contributed by atoms with van der Waals surface area (Å²) in [6.45, 7) is 5.26. The van der Waals surface area contributed by atoms with Crippen LogP contribution in [0.2, 0.25) is 0 Å². The van der Waals surface area contributed by atoms with Crippen molar-refractivity contribution in [1.29, 1.82) is 0 Å². The van der Waals surface area contributed by atoms with Gasteiger partial charge in [0.05, 0.1) is 0 Å². The second kappa shape index (κ2) is 6.65. The number of carbonyl (C=O) groups excluding carboxylic acids is 1. The van der Waals surface area contributed by atoms with Crippen molar-refractivity contribution in [2.24, 2.45) is 0 Å². The predicted octanol–water partition coefficient (Wildman–Crippen LogP) is 2.15.